The summed E-state index contributed by atoms with van der Waals surface area (Å²) in [6, 6.07) is 10.6. The van der Waals surface area contributed by atoms with Crippen molar-refractivity contribution in [3.8, 4) is 0 Å². The second-order valence-electron chi connectivity index (χ2n) is 7.01. The lowest BCUT2D eigenvalue weighted by Gasteiger charge is -2.15. The van der Waals surface area contributed by atoms with Crippen molar-refractivity contribution in [3.63, 3.8) is 0 Å². The highest BCUT2D eigenvalue weighted by molar-refractivity contribution is 5.96. The van der Waals surface area contributed by atoms with E-state index in [0.717, 1.165) is 49.3 Å². The lowest BCUT2D eigenvalue weighted by Crippen LogP contribution is -2.31. The molecule has 0 saturated carbocycles. The van der Waals surface area contributed by atoms with Crippen LogP contribution in [0.25, 0.3) is 0 Å². The zero-order valence-corrected chi connectivity index (χ0v) is 17.9. The van der Waals surface area contributed by atoms with Crippen LogP contribution in [0.2, 0.25) is 0 Å². The van der Waals surface area contributed by atoms with Crippen LogP contribution < -0.4 is 21.5 Å². The van der Waals surface area contributed by atoms with Gasteiger partial charge >= 0.3 is 0 Å². The Morgan fingerprint density at radius 3 is 2.34 bits per heavy atom. The molecule has 0 bridgehead atoms. The Morgan fingerprint density at radius 2 is 1.78 bits per heavy atom. The Labute approximate surface area is 186 Å². The van der Waals surface area contributed by atoms with Gasteiger partial charge in [0.2, 0.25) is 10.9 Å². The number of hydrogen-bond donors (Lipinski definition) is 3. The minimum absolute atomic E-state index is 0.180. The van der Waals surface area contributed by atoms with Gasteiger partial charge in [-0.1, -0.05) is 30.4 Å². The summed E-state index contributed by atoms with van der Waals surface area (Å²) < 4.78 is 0. The molecular weight excluding hydrogens is 410 g/mol. The number of rotatable bonds is 4. The molecule has 2 aromatic rings. The van der Waals surface area contributed by atoms with E-state index in [2.05, 4.69) is 10.6 Å². The minimum Gasteiger partial charge on any atom is -0.483 e. The Balaban J connectivity index is 0.000000206. The van der Waals surface area contributed by atoms with Crippen LogP contribution in [-0.2, 0) is 9.59 Å². The summed E-state index contributed by atoms with van der Waals surface area (Å²) in [5.41, 5.74) is 2.27. The second kappa shape index (κ2) is 12.7. The summed E-state index contributed by atoms with van der Waals surface area (Å²) in [5, 5.41) is 12.9. The summed E-state index contributed by atoms with van der Waals surface area (Å²) in [7, 11) is 1.90. The first-order chi connectivity index (χ1) is 15.5. The van der Waals surface area contributed by atoms with E-state index in [-0.39, 0.29) is 12.4 Å². The van der Waals surface area contributed by atoms with Crippen molar-refractivity contribution in [3.05, 3.63) is 92.4 Å². The molecule has 0 aromatic heterocycles. The number of hydrogen-bond acceptors (Lipinski definition) is 6. The first kappa shape index (κ1) is 24.3. The van der Waals surface area contributed by atoms with Crippen LogP contribution in [0.1, 0.15) is 19.3 Å². The van der Waals surface area contributed by atoms with Gasteiger partial charge in [0.25, 0.3) is 12.4 Å². The molecule has 2 aromatic carbocycles. The largest absolute Gasteiger partial charge is 0.483 e. The predicted octanol–water partition coefficient (Wildman–Crippen LogP) is 2.33. The van der Waals surface area contributed by atoms with Gasteiger partial charge in [-0.15, -0.1) is 0 Å². The third-order valence-electron chi connectivity index (χ3n) is 4.87. The maximum atomic E-state index is 12.1. The molecule has 8 heteroatoms. The lowest BCUT2D eigenvalue weighted by molar-refractivity contribution is -0.126. The van der Waals surface area contributed by atoms with Gasteiger partial charge in [0.1, 0.15) is 0 Å². The molecule has 1 saturated heterocycles. The molecule has 168 valence electrons. The zero-order valence-electron chi connectivity index (χ0n) is 17.9. The molecule has 1 aliphatic heterocycles. The quantitative estimate of drug-likeness (QED) is 0.497. The first-order valence-corrected chi connectivity index (χ1v) is 10.2. The van der Waals surface area contributed by atoms with Gasteiger partial charge < -0.3 is 20.6 Å². The fourth-order valence-electron chi connectivity index (χ4n) is 3.16. The highest BCUT2D eigenvalue weighted by Gasteiger charge is 2.20. The summed E-state index contributed by atoms with van der Waals surface area (Å²) >= 11 is 0. The van der Waals surface area contributed by atoms with Crippen LogP contribution in [0.3, 0.4) is 0 Å². The highest BCUT2D eigenvalue weighted by Crippen LogP contribution is 2.16. The molecule has 0 spiro atoms. The predicted molar refractivity (Wildman–Crippen MR) is 125 cm³/mol. The standard InChI is InChI=1S/C13H18N2O.C10H7NO2.CH2O2/c1-14-12-6-4-5-11(7-8-12)13(16)15-9-2-3-10-15;12-9-6-8(10(9)13)11-7-4-2-1-3-5-7;2-1-3/h4-7,14H,2-3,8-10H2,1H3;1-6,11H;1H,(H,2,3). The molecule has 4 rings (SSSR count). The first-order valence-electron chi connectivity index (χ1n) is 10.2. The SMILES string of the molecule is CNC1=CC=CC(C(=O)N2CCCC2)=CC1.O=CO.O=c1cc(Nc2ccccc2)c1=O. The minimum atomic E-state index is -0.441. The fraction of sp³-hybridized carbons (Fsp3) is 0.250. The Bertz CT molecular complexity index is 1060. The topological polar surface area (TPSA) is 116 Å². The van der Waals surface area contributed by atoms with E-state index < -0.39 is 10.9 Å². The van der Waals surface area contributed by atoms with Gasteiger partial charge in [-0.25, -0.2) is 0 Å². The average Bonchev–Trinajstić information content (AvgIpc) is 3.25. The maximum Gasteiger partial charge on any atom is 0.290 e. The van der Waals surface area contributed by atoms with Gasteiger partial charge in [0, 0.05) is 49.6 Å². The van der Waals surface area contributed by atoms with E-state index in [0.29, 0.717) is 5.69 Å². The molecule has 1 aliphatic carbocycles. The van der Waals surface area contributed by atoms with Crippen LogP contribution in [0.15, 0.2) is 81.6 Å². The number of nitrogens with zero attached hydrogens (tertiary/aromatic N) is 1. The van der Waals surface area contributed by atoms with Crippen molar-refractivity contribution in [1.29, 1.82) is 0 Å². The molecule has 1 amide bonds. The van der Waals surface area contributed by atoms with E-state index in [1.54, 1.807) is 0 Å². The van der Waals surface area contributed by atoms with E-state index in [1.165, 1.54) is 6.07 Å². The van der Waals surface area contributed by atoms with Gasteiger partial charge in [-0.05, 0) is 37.1 Å². The van der Waals surface area contributed by atoms with E-state index in [1.807, 2.05) is 66.6 Å². The van der Waals surface area contributed by atoms with Crippen molar-refractivity contribution in [2.45, 2.75) is 19.3 Å². The summed E-state index contributed by atoms with van der Waals surface area (Å²) in [6.07, 6.45) is 11.0. The van der Waals surface area contributed by atoms with Crippen LogP contribution in [-0.4, -0.2) is 42.5 Å². The molecule has 1 fully saturated rings. The third-order valence-corrected chi connectivity index (χ3v) is 4.87. The molecule has 3 N–H and O–H groups in total. The summed E-state index contributed by atoms with van der Waals surface area (Å²) in [6.45, 7) is 1.58. The molecule has 32 heavy (non-hydrogen) atoms. The van der Waals surface area contributed by atoms with Crippen LogP contribution in [0, 0.1) is 0 Å². The number of allylic oxidation sites excluding steroid dienone is 3. The van der Waals surface area contributed by atoms with E-state index >= 15 is 0 Å². The number of likely N-dealkylation sites (tertiary alicyclic amines) is 1. The van der Waals surface area contributed by atoms with Crippen LogP contribution >= 0.6 is 0 Å². The maximum absolute atomic E-state index is 12.1. The van der Waals surface area contributed by atoms with Crippen LogP contribution in [0.4, 0.5) is 11.4 Å². The average molecular weight is 437 g/mol. The summed E-state index contributed by atoms with van der Waals surface area (Å²) in [5.74, 6) is 0.180. The lowest BCUT2D eigenvalue weighted by atomic mass is 10.2. The van der Waals surface area contributed by atoms with Crippen molar-refractivity contribution < 1.29 is 14.7 Å². The van der Waals surface area contributed by atoms with Crippen molar-refractivity contribution in [1.82, 2.24) is 10.2 Å². The third kappa shape index (κ3) is 7.09. The smallest absolute Gasteiger partial charge is 0.290 e. The van der Waals surface area contributed by atoms with Crippen LogP contribution in [0.5, 0.6) is 0 Å². The number of anilines is 2. The van der Waals surface area contributed by atoms with Gasteiger partial charge in [-0.2, -0.15) is 0 Å². The zero-order chi connectivity index (χ0) is 23.3. The number of benzene rings is 1. The molecular formula is C24H27N3O5. The number of nitrogens with one attached hydrogen (secondary N) is 2. The fourth-order valence-corrected chi connectivity index (χ4v) is 3.16. The van der Waals surface area contributed by atoms with Crippen molar-refractivity contribution in [2.24, 2.45) is 0 Å². The second-order valence-corrected chi connectivity index (χ2v) is 7.01. The number of amides is 1. The Hall–Kier alpha value is -3.94. The molecule has 0 atom stereocenters. The molecule has 2 aliphatic rings. The molecule has 8 nitrogen and oxygen atoms in total. The highest BCUT2D eigenvalue weighted by atomic mass is 16.3. The molecule has 0 unspecified atom stereocenters. The number of carboxylic acid groups (broad SMARTS) is 1. The van der Waals surface area contributed by atoms with Crippen molar-refractivity contribution in [2.75, 3.05) is 25.5 Å². The normalized spacial score (nSPS) is 14.6. The number of carbonyl (C=O) groups is 2. The Kier molecular flexibility index (Phi) is 9.65. The molecule has 1 heterocycles. The van der Waals surface area contributed by atoms with Gasteiger partial charge in [0.05, 0.1) is 5.69 Å². The molecule has 0 radical (unpaired) electrons. The monoisotopic (exact) mass is 437 g/mol. The van der Waals surface area contributed by atoms with E-state index in [4.69, 9.17) is 9.90 Å². The van der Waals surface area contributed by atoms with E-state index in [9.17, 15) is 14.4 Å². The van der Waals surface area contributed by atoms with Crippen molar-refractivity contribution >= 4 is 23.8 Å². The number of para-hydroxylation sites is 1. The van der Waals surface area contributed by atoms with Gasteiger partial charge in [0.15, 0.2) is 0 Å². The van der Waals surface area contributed by atoms with Gasteiger partial charge in [-0.3, -0.25) is 19.2 Å². The number of carbonyl (C=O) groups excluding carboxylic acids is 1. The summed E-state index contributed by atoms with van der Waals surface area (Å²) in [4.78, 5) is 43.9. The Morgan fingerprint density at radius 1 is 1.12 bits per heavy atom.